The first-order valence-corrected chi connectivity index (χ1v) is 8.84. The summed E-state index contributed by atoms with van der Waals surface area (Å²) in [7, 11) is 0. The van der Waals surface area contributed by atoms with Gasteiger partial charge >= 0.3 is 0 Å². The fourth-order valence-electron chi connectivity index (χ4n) is 2.46. The largest absolute Gasteiger partial charge is 0.374 e. The van der Waals surface area contributed by atoms with Crippen LogP contribution in [0.2, 0.25) is 0 Å². The van der Waals surface area contributed by atoms with Crippen molar-refractivity contribution in [3.8, 4) is 0 Å². The summed E-state index contributed by atoms with van der Waals surface area (Å²) in [5, 5.41) is 5.62. The maximum Gasteiger partial charge on any atom is 0.251 e. The zero-order valence-corrected chi connectivity index (χ0v) is 15.3. The number of amides is 2. The average molecular weight is 354 g/mol. The molecule has 2 amide bonds. The van der Waals surface area contributed by atoms with E-state index in [-0.39, 0.29) is 17.9 Å². The molecule has 0 spiro atoms. The monoisotopic (exact) mass is 354 g/mol. The third-order valence-corrected chi connectivity index (χ3v) is 4.00. The Kier molecular flexibility index (Phi) is 7.83. The molecule has 0 saturated carbocycles. The standard InChI is InChI=1S/C21H26N2O3/c1-16(19-7-4-3-5-8-19)26-14-6-13-22-21(25)20-11-9-18(10-12-20)15-23-17(2)24/h3-5,7-12,16H,6,13-15H2,1-2H3,(H,22,25)(H,23,24). The molecule has 2 N–H and O–H groups in total. The van der Waals surface area contributed by atoms with Crippen molar-refractivity contribution in [2.24, 2.45) is 0 Å². The van der Waals surface area contributed by atoms with Gasteiger partial charge < -0.3 is 15.4 Å². The highest BCUT2D eigenvalue weighted by atomic mass is 16.5. The van der Waals surface area contributed by atoms with Crippen molar-refractivity contribution in [2.75, 3.05) is 13.2 Å². The number of benzene rings is 2. The SMILES string of the molecule is CC(=O)NCc1ccc(C(=O)NCCCOC(C)c2ccccc2)cc1. The Morgan fingerprint density at radius 2 is 1.69 bits per heavy atom. The molecule has 0 heterocycles. The smallest absolute Gasteiger partial charge is 0.251 e. The van der Waals surface area contributed by atoms with Crippen LogP contribution in [0, 0.1) is 0 Å². The summed E-state index contributed by atoms with van der Waals surface area (Å²) in [5.74, 6) is -0.178. The van der Waals surface area contributed by atoms with E-state index < -0.39 is 0 Å². The number of ether oxygens (including phenoxy) is 1. The van der Waals surface area contributed by atoms with Crippen LogP contribution in [0.1, 0.15) is 47.9 Å². The summed E-state index contributed by atoms with van der Waals surface area (Å²) in [6.07, 6.45) is 0.798. The molecule has 0 aliphatic heterocycles. The van der Waals surface area contributed by atoms with Gasteiger partial charge in [-0.15, -0.1) is 0 Å². The van der Waals surface area contributed by atoms with E-state index in [4.69, 9.17) is 4.74 Å². The first-order chi connectivity index (χ1) is 12.6. The van der Waals surface area contributed by atoms with Crippen LogP contribution in [0.3, 0.4) is 0 Å². The molecule has 26 heavy (non-hydrogen) atoms. The predicted octanol–water partition coefficient (Wildman–Crippen LogP) is 3.22. The van der Waals surface area contributed by atoms with Crippen molar-refractivity contribution in [1.29, 1.82) is 0 Å². The van der Waals surface area contributed by atoms with Crippen molar-refractivity contribution in [1.82, 2.24) is 10.6 Å². The van der Waals surface area contributed by atoms with Crippen LogP contribution >= 0.6 is 0 Å². The number of nitrogens with one attached hydrogen (secondary N) is 2. The van der Waals surface area contributed by atoms with Gasteiger partial charge in [0, 0.05) is 32.2 Å². The minimum atomic E-state index is -0.104. The van der Waals surface area contributed by atoms with Gasteiger partial charge in [-0.1, -0.05) is 42.5 Å². The van der Waals surface area contributed by atoms with Crippen molar-refractivity contribution in [3.05, 3.63) is 71.3 Å². The van der Waals surface area contributed by atoms with Gasteiger partial charge in [-0.05, 0) is 36.6 Å². The Hall–Kier alpha value is -2.66. The fraction of sp³-hybridized carbons (Fsp3) is 0.333. The molecule has 2 aromatic rings. The minimum Gasteiger partial charge on any atom is -0.374 e. The van der Waals surface area contributed by atoms with Crippen LogP contribution < -0.4 is 10.6 Å². The van der Waals surface area contributed by atoms with Crippen LogP contribution in [0.5, 0.6) is 0 Å². The van der Waals surface area contributed by atoms with Gasteiger partial charge in [0.1, 0.15) is 0 Å². The summed E-state index contributed by atoms with van der Waals surface area (Å²) < 4.78 is 5.79. The lowest BCUT2D eigenvalue weighted by atomic mass is 10.1. The first kappa shape index (κ1) is 19.7. The van der Waals surface area contributed by atoms with Crippen LogP contribution in [-0.4, -0.2) is 25.0 Å². The van der Waals surface area contributed by atoms with Crippen molar-refractivity contribution >= 4 is 11.8 Å². The second-order valence-electron chi connectivity index (χ2n) is 6.14. The lowest BCUT2D eigenvalue weighted by Gasteiger charge is -2.13. The predicted molar refractivity (Wildman–Crippen MR) is 102 cm³/mol. The molecule has 0 radical (unpaired) electrons. The van der Waals surface area contributed by atoms with Crippen LogP contribution in [-0.2, 0) is 16.1 Å². The summed E-state index contributed by atoms with van der Waals surface area (Å²) in [5.41, 5.74) is 2.71. The molecule has 0 bridgehead atoms. The highest BCUT2D eigenvalue weighted by Crippen LogP contribution is 2.15. The zero-order valence-electron chi connectivity index (χ0n) is 15.3. The van der Waals surface area contributed by atoms with Gasteiger partial charge in [-0.2, -0.15) is 0 Å². The Bertz CT molecular complexity index is 699. The Labute approximate surface area is 154 Å². The fourth-order valence-corrected chi connectivity index (χ4v) is 2.46. The van der Waals surface area contributed by atoms with Gasteiger partial charge in [0.05, 0.1) is 6.10 Å². The molecule has 5 nitrogen and oxygen atoms in total. The average Bonchev–Trinajstić information content (AvgIpc) is 2.66. The van der Waals surface area contributed by atoms with Gasteiger partial charge in [-0.3, -0.25) is 9.59 Å². The van der Waals surface area contributed by atoms with Gasteiger partial charge in [0.2, 0.25) is 5.91 Å². The molecule has 0 aliphatic rings. The second kappa shape index (κ2) is 10.4. The minimum absolute atomic E-state index is 0.0445. The Balaban J connectivity index is 1.66. The number of hydrogen-bond donors (Lipinski definition) is 2. The number of rotatable bonds is 9. The molecule has 0 aromatic heterocycles. The molecule has 0 aliphatic carbocycles. The van der Waals surface area contributed by atoms with E-state index in [2.05, 4.69) is 10.6 Å². The molecule has 2 rings (SSSR count). The third-order valence-electron chi connectivity index (χ3n) is 4.00. The number of carbonyl (C=O) groups excluding carboxylic acids is 2. The second-order valence-corrected chi connectivity index (χ2v) is 6.14. The maximum atomic E-state index is 12.1. The van der Waals surface area contributed by atoms with E-state index in [1.807, 2.05) is 49.4 Å². The topological polar surface area (TPSA) is 67.4 Å². The molecule has 2 aromatic carbocycles. The Morgan fingerprint density at radius 3 is 2.35 bits per heavy atom. The van der Waals surface area contributed by atoms with Crippen LogP contribution in [0.15, 0.2) is 54.6 Å². The van der Waals surface area contributed by atoms with Crippen LogP contribution in [0.25, 0.3) is 0 Å². The summed E-state index contributed by atoms with van der Waals surface area (Å²) in [4.78, 5) is 23.0. The summed E-state index contributed by atoms with van der Waals surface area (Å²) in [6.45, 7) is 5.12. The normalized spacial score (nSPS) is 11.6. The lowest BCUT2D eigenvalue weighted by Crippen LogP contribution is -2.25. The number of hydrogen-bond acceptors (Lipinski definition) is 3. The van der Waals surface area contributed by atoms with E-state index >= 15 is 0 Å². The highest BCUT2D eigenvalue weighted by molar-refractivity contribution is 5.94. The third kappa shape index (κ3) is 6.69. The van der Waals surface area contributed by atoms with E-state index in [1.54, 1.807) is 12.1 Å². The van der Waals surface area contributed by atoms with Crippen molar-refractivity contribution in [3.63, 3.8) is 0 Å². The summed E-state index contributed by atoms with van der Waals surface area (Å²) >= 11 is 0. The van der Waals surface area contributed by atoms with E-state index in [1.165, 1.54) is 6.92 Å². The maximum absolute atomic E-state index is 12.1. The quantitative estimate of drug-likeness (QED) is 0.680. The molecular formula is C21H26N2O3. The molecule has 138 valence electrons. The molecule has 1 atom stereocenters. The van der Waals surface area contributed by atoms with E-state index in [0.29, 0.717) is 25.3 Å². The molecule has 0 fully saturated rings. The van der Waals surface area contributed by atoms with Crippen molar-refractivity contribution in [2.45, 2.75) is 32.9 Å². The number of carbonyl (C=O) groups is 2. The van der Waals surface area contributed by atoms with E-state index in [9.17, 15) is 9.59 Å². The van der Waals surface area contributed by atoms with Gasteiger partial charge in [0.25, 0.3) is 5.91 Å². The van der Waals surface area contributed by atoms with Crippen molar-refractivity contribution < 1.29 is 14.3 Å². The molecule has 5 heteroatoms. The molecule has 1 unspecified atom stereocenters. The Morgan fingerprint density at radius 1 is 1.00 bits per heavy atom. The summed E-state index contributed by atoms with van der Waals surface area (Å²) in [6, 6.07) is 17.3. The van der Waals surface area contributed by atoms with Crippen LogP contribution in [0.4, 0.5) is 0 Å². The first-order valence-electron chi connectivity index (χ1n) is 8.84. The van der Waals surface area contributed by atoms with E-state index in [0.717, 1.165) is 17.5 Å². The molecular weight excluding hydrogens is 328 g/mol. The van der Waals surface area contributed by atoms with Gasteiger partial charge in [0.15, 0.2) is 0 Å². The highest BCUT2D eigenvalue weighted by Gasteiger charge is 2.06. The lowest BCUT2D eigenvalue weighted by molar-refractivity contribution is -0.119. The van der Waals surface area contributed by atoms with Gasteiger partial charge in [-0.25, -0.2) is 0 Å². The zero-order chi connectivity index (χ0) is 18.8. The molecule has 0 saturated heterocycles.